The minimum atomic E-state index is -1.48. The van der Waals surface area contributed by atoms with Crippen molar-refractivity contribution < 1.29 is 10.0 Å². The predicted molar refractivity (Wildman–Crippen MR) is 362 cm³/mol. The summed E-state index contributed by atoms with van der Waals surface area (Å²) in [6.07, 6.45) is 10.6. The van der Waals surface area contributed by atoms with E-state index in [9.17, 15) is 10.0 Å². The van der Waals surface area contributed by atoms with E-state index in [4.69, 9.17) is 19.9 Å². The topological polar surface area (TPSA) is 144 Å². The molecule has 0 aliphatic rings. The Labute approximate surface area is 515 Å². The van der Waals surface area contributed by atoms with Crippen molar-refractivity contribution in [3.05, 3.63) is 296 Å². The number of rotatable bonds is 8. The molecule has 10 nitrogen and oxygen atoms in total. The molecule has 0 saturated heterocycles. The van der Waals surface area contributed by atoms with Crippen molar-refractivity contribution in [2.45, 2.75) is 0 Å². The standard InChI is InChI=1S/C38H24N4.C20H15BN2O2.C18H11BrN2/c1-2-10-26(11-3-1)37-38(42-33-17-9-8-16-32(33)41-37)27-20-18-25(19-21-27)35-28-12-4-6-14-30(28)36(34-24-39-22-23-40-34)31-15-7-5-13-29(31)35;24-21(25)16-12-10-15(11-13-16)20-19(14-6-2-1-3-7-14)22-17-8-4-5-9-18(17)23-20;19-18-14-7-3-1-5-12(14)17(16-11-20-9-10-21-16)13-6-2-4-8-15(13)18/h1-24H;1-13,24-25H;1-11H. The molecule has 12 aromatic carbocycles. The molecule has 0 bridgehead atoms. The van der Waals surface area contributed by atoms with E-state index in [1.165, 1.54) is 37.9 Å². The molecule has 88 heavy (non-hydrogen) atoms. The summed E-state index contributed by atoms with van der Waals surface area (Å²) in [5, 5.41) is 28.0. The van der Waals surface area contributed by atoms with Gasteiger partial charge in [-0.1, -0.05) is 231 Å². The zero-order chi connectivity index (χ0) is 59.3. The SMILES string of the molecule is Brc1c2ccccc2c(-c2cnccn2)c2ccccc12.OB(O)c1ccc(-c2nc3ccccc3nc2-c2ccccc2)cc1.c1ccc(-c2nc3ccccc3nc2-c2ccc(-c3c4ccccc4c(-c4cnccn4)c4ccccc34)cc2)cc1. The van der Waals surface area contributed by atoms with Crippen LogP contribution in [-0.2, 0) is 0 Å². The Balaban J connectivity index is 0.000000126. The molecule has 0 amide bonds. The van der Waals surface area contributed by atoms with Gasteiger partial charge in [0, 0.05) is 62.6 Å². The number of aromatic nitrogens is 8. The molecular weight excluding hydrogens is 1150 g/mol. The fraction of sp³-hybridized carbons (Fsp3) is 0. The minimum Gasteiger partial charge on any atom is -0.423 e. The number of para-hydroxylation sites is 4. The Morgan fingerprint density at radius 2 is 0.557 bits per heavy atom. The molecule has 0 spiro atoms. The molecule has 0 unspecified atom stereocenters. The van der Waals surface area contributed by atoms with Gasteiger partial charge in [-0.3, -0.25) is 19.9 Å². The zero-order valence-electron chi connectivity index (χ0n) is 47.1. The maximum atomic E-state index is 9.29. The predicted octanol–water partition coefficient (Wildman–Crippen LogP) is 17.3. The van der Waals surface area contributed by atoms with Crippen molar-refractivity contribution in [1.29, 1.82) is 0 Å². The highest BCUT2D eigenvalue weighted by molar-refractivity contribution is 9.10. The maximum Gasteiger partial charge on any atom is 0.488 e. The van der Waals surface area contributed by atoms with Gasteiger partial charge in [0.25, 0.3) is 0 Å². The first kappa shape index (κ1) is 54.9. The van der Waals surface area contributed by atoms with E-state index in [0.717, 1.165) is 110 Å². The van der Waals surface area contributed by atoms with E-state index >= 15 is 0 Å². The lowest BCUT2D eigenvalue weighted by Crippen LogP contribution is -2.29. The van der Waals surface area contributed by atoms with Gasteiger partial charge in [0.15, 0.2) is 0 Å². The lowest BCUT2D eigenvalue weighted by Gasteiger charge is -2.17. The van der Waals surface area contributed by atoms with Gasteiger partial charge in [-0.05, 0) is 99.9 Å². The Bertz CT molecular complexity index is 5070. The van der Waals surface area contributed by atoms with Crippen LogP contribution in [0.5, 0.6) is 0 Å². The summed E-state index contributed by atoms with van der Waals surface area (Å²) in [5.74, 6) is 0. The quantitative estimate of drug-likeness (QED) is 0.111. The third-order valence-corrected chi connectivity index (χ3v) is 16.5. The van der Waals surface area contributed by atoms with Crippen LogP contribution in [-0.4, -0.2) is 57.0 Å². The highest BCUT2D eigenvalue weighted by Gasteiger charge is 2.21. The van der Waals surface area contributed by atoms with Crippen LogP contribution in [0.25, 0.3) is 144 Å². The molecule has 12 heteroatoms. The van der Waals surface area contributed by atoms with Crippen LogP contribution in [0.1, 0.15) is 0 Å². The third-order valence-electron chi connectivity index (χ3n) is 15.6. The molecule has 0 saturated carbocycles. The molecule has 2 N–H and O–H groups in total. The Morgan fingerprint density at radius 3 is 0.898 bits per heavy atom. The smallest absolute Gasteiger partial charge is 0.423 e. The van der Waals surface area contributed by atoms with Crippen LogP contribution in [0, 0.1) is 0 Å². The second-order valence-electron chi connectivity index (χ2n) is 20.9. The van der Waals surface area contributed by atoms with Gasteiger partial charge >= 0.3 is 7.12 Å². The lowest BCUT2D eigenvalue weighted by molar-refractivity contribution is 0.426. The summed E-state index contributed by atoms with van der Waals surface area (Å²) in [5.41, 5.74) is 17.5. The molecule has 4 heterocycles. The number of benzene rings is 12. The molecule has 0 fully saturated rings. The third kappa shape index (κ3) is 10.8. The van der Waals surface area contributed by atoms with Gasteiger partial charge in [0.05, 0.1) is 68.6 Å². The van der Waals surface area contributed by atoms with Gasteiger partial charge < -0.3 is 10.0 Å². The van der Waals surface area contributed by atoms with E-state index in [-0.39, 0.29) is 0 Å². The van der Waals surface area contributed by atoms with Gasteiger partial charge in [0.1, 0.15) is 0 Å². The van der Waals surface area contributed by atoms with Crippen LogP contribution >= 0.6 is 15.9 Å². The Hall–Kier alpha value is -11.0. The highest BCUT2D eigenvalue weighted by atomic mass is 79.9. The summed E-state index contributed by atoms with van der Waals surface area (Å²) in [6, 6.07) is 85.7. The fourth-order valence-electron chi connectivity index (χ4n) is 11.5. The van der Waals surface area contributed by atoms with Gasteiger partial charge in [-0.15, -0.1) is 0 Å². The average molecular weight is 1200 g/mol. The second kappa shape index (κ2) is 24.5. The molecule has 0 atom stereocenters. The van der Waals surface area contributed by atoms with Gasteiger partial charge in [-0.25, -0.2) is 19.9 Å². The van der Waals surface area contributed by atoms with Crippen molar-refractivity contribution in [2.24, 2.45) is 0 Å². The number of hydrogen-bond acceptors (Lipinski definition) is 10. The Morgan fingerprint density at radius 1 is 0.273 bits per heavy atom. The fourth-order valence-corrected chi connectivity index (χ4v) is 12.2. The van der Waals surface area contributed by atoms with Crippen LogP contribution in [0.4, 0.5) is 0 Å². The first-order valence-electron chi connectivity index (χ1n) is 28.7. The van der Waals surface area contributed by atoms with E-state index in [2.05, 4.69) is 169 Å². The van der Waals surface area contributed by atoms with Crippen LogP contribution in [0.3, 0.4) is 0 Å². The molecule has 4 aromatic heterocycles. The van der Waals surface area contributed by atoms with Gasteiger partial charge in [-0.2, -0.15) is 0 Å². The summed E-state index contributed by atoms with van der Waals surface area (Å²) >= 11 is 3.75. The summed E-state index contributed by atoms with van der Waals surface area (Å²) in [4.78, 5) is 37.5. The molecule has 0 radical (unpaired) electrons. The summed E-state index contributed by atoms with van der Waals surface area (Å²) in [6.45, 7) is 0. The van der Waals surface area contributed by atoms with Crippen molar-refractivity contribution >= 4 is 93.7 Å². The Kier molecular flexibility index (Phi) is 15.3. The van der Waals surface area contributed by atoms with Crippen molar-refractivity contribution in [3.63, 3.8) is 0 Å². The first-order chi connectivity index (χ1) is 43.4. The number of nitrogens with zero attached hydrogens (tertiary/aromatic N) is 8. The van der Waals surface area contributed by atoms with Crippen LogP contribution in [0.2, 0.25) is 0 Å². The molecular formula is C76H50BBrN8O2. The normalized spacial score (nSPS) is 11.1. The zero-order valence-corrected chi connectivity index (χ0v) is 48.7. The summed E-state index contributed by atoms with van der Waals surface area (Å²) < 4.78 is 1.13. The molecule has 16 rings (SSSR count). The van der Waals surface area contributed by atoms with Crippen LogP contribution < -0.4 is 5.46 Å². The average Bonchev–Trinajstić information content (AvgIpc) is 0.891. The lowest BCUT2D eigenvalue weighted by atomic mass is 9.80. The van der Waals surface area contributed by atoms with Gasteiger partial charge in [0.2, 0.25) is 0 Å². The van der Waals surface area contributed by atoms with E-state index in [1.807, 2.05) is 122 Å². The maximum absolute atomic E-state index is 9.29. The highest BCUT2D eigenvalue weighted by Crippen LogP contribution is 2.45. The van der Waals surface area contributed by atoms with Crippen molar-refractivity contribution in [3.8, 4) is 78.7 Å². The number of halogens is 1. The van der Waals surface area contributed by atoms with Crippen molar-refractivity contribution in [1.82, 2.24) is 39.9 Å². The van der Waals surface area contributed by atoms with Crippen molar-refractivity contribution in [2.75, 3.05) is 0 Å². The molecule has 416 valence electrons. The minimum absolute atomic E-state index is 0.443. The van der Waals surface area contributed by atoms with E-state index < -0.39 is 7.12 Å². The molecule has 0 aliphatic heterocycles. The van der Waals surface area contributed by atoms with E-state index in [1.54, 1.807) is 36.9 Å². The monoisotopic (exact) mass is 1200 g/mol. The number of fused-ring (bicyclic) bond motifs is 6. The second-order valence-corrected chi connectivity index (χ2v) is 21.7. The van der Waals surface area contributed by atoms with E-state index in [0.29, 0.717) is 5.46 Å². The first-order valence-corrected chi connectivity index (χ1v) is 29.5. The molecule has 0 aliphatic carbocycles. The molecule has 16 aromatic rings. The van der Waals surface area contributed by atoms with Crippen LogP contribution in [0.15, 0.2) is 296 Å². The number of hydrogen-bond donors (Lipinski definition) is 2. The largest absolute Gasteiger partial charge is 0.488 e. The summed E-state index contributed by atoms with van der Waals surface area (Å²) in [7, 11) is -1.48.